The van der Waals surface area contributed by atoms with Gasteiger partial charge < -0.3 is 19.9 Å². The molecule has 10 heteroatoms. The number of carboxylic acid groups (broad SMARTS) is 1. The van der Waals surface area contributed by atoms with Gasteiger partial charge >= 0.3 is 17.6 Å². The van der Waals surface area contributed by atoms with Crippen LogP contribution >= 0.6 is 0 Å². The summed E-state index contributed by atoms with van der Waals surface area (Å²) in [5.41, 5.74) is -0.151. The normalized spacial score (nSPS) is 9.96. The number of nitrogens with one attached hydrogen (secondary N) is 1. The van der Waals surface area contributed by atoms with Crippen molar-refractivity contribution in [2.24, 2.45) is 0 Å². The van der Waals surface area contributed by atoms with Crippen molar-refractivity contribution in [3.63, 3.8) is 0 Å². The Morgan fingerprint density at radius 1 is 1.11 bits per heavy atom. The molecule has 0 fully saturated rings. The van der Waals surface area contributed by atoms with Crippen LogP contribution in [0.1, 0.15) is 20.7 Å². The third-order valence-corrected chi connectivity index (χ3v) is 3.35. The van der Waals surface area contributed by atoms with Crippen LogP contribution in [0.15, 0.2) is 42.5 Å². The molecule has 0 radical (unpaired) electrons. The quantitative estimate of drug-likeness (QED) is 0.426. The molecule has 2 rings (SSSR count). The van der Waals surface area contributed by atoms with E-state index in [9.17, 15) is 24.5 Å². The summed E-state index contributed by atoms with van der Waals surface area (Å²) in [6.07, 6.45) is 0. The van der Waals surface area contributed by atoms with Crippen molar-refractivity contribution >= 4 is 29.2 Å². The number of carboxylic acids is 1. The van der Waals surface area contributed by atoms with Crippen LogP contribution in [0.2, 0.25) is 0 Å². The summed E-state index contributed by atoms with van der Waals surface area (Å²) in [5.74, 6) is -2.68. The van der Waals surface area contributed by atoms with Gasteiger partial charge in [0.2, 0.25) is 0 Å². The van der Waals surface area contributed by atoms with Crippen LogP contribution in [0.25, 0.3) is 0 Å². The average molecular weight is 374 g/mol. The topological polar surface area (TPSA) is 145 Å². The Balaban J connectivity index is 2.02. The number of amides is 1. The van der Waals surface area contributed by atoms with Crippen molar-refractivity contribution in [2.45, 2.75) is 0 Å². The zero-order chi connectivity index (χ0) is 20.0. The fourth-order valence-corrected chi connectivity index (χ4v) is 2.06. The number of methoxy groups -OCH3 is 1. The molecule has 0 bridgehead atoms. The third kappa shape index (κ3) is 5.01. The second kappa shape index (κ2) is 8.43. The Bertz CT molecular complexity index is 892. The molecule has 0 aliphatic carbocycles. The van der Waals surface area contributed by atoms with Gasteiger partial charge in [0.05, 0.1) is 23.2 Å². The van der Waals surface area contributed by atoms with Crippen LogP contribution in [0.4, 0.5) is 11.4 Å². The van der Waals surface area contributed by atoms with Crippen molar-refractivity contribution < 1.29 is 33.9 Å². The van der Waals surface area contributed by atoms with E-state index < -0.39 is 35.1 Å². The molecule has 2 aromatic carbocycles. The van der Waals surface area contributed by atoms with Gasteiger partial charge in [0, 0.05) is 11.8 Å². The van der Waals surface area contributed by atoms with Gasteiger partial charge in [-0.3, -0.25) is 14.9 Å². The lowest BCUT2D eigenvalue weighted by atomic mass is 10.2. The van der Waals surface area contributed by atoms with E-state index in [2.05, 4.69) is 10.1 Å². The number of esters is 1. The molecule has 0 atom stereocenters. The van der Waals surface area contributed by atoms with E-state index in [1.807, 2.05) is 0 Å². The fraction of sp³-hybridized carbons (Fsp3) is 0.118. The molecule has 0 aliphatic rings. The summed E-state index contributed by atoms with van der Waals surface area (Å²) in [5, 5.41) is 22.4. The summed E-state index contributed by atoms with van der Waals surface area (Å²) >= 11 is 0. The SMILES string of the molecule is COC(=O)c1ccc(NC(=O)COc2ccc(C(=O)O)cc2[N+](=O)[O-])cc1. The van der Waals surface area contributed by atoms with Crippen molar-refractivity contribution in [2.75, 3.05) is 19.0 Å². The number of hydrogen-bond donors (Lipinski definition) is 2. The molecule has 0 aromatic heterocycles. The number of benzene rings is 2. The van der Waals surface area contributed by atoms with Gasteiger partial charge in [-0.2, -0.15) is 0 Å². The lowest BCUT2D eigenvalue weighted by molar-refractivity contribution is -0.385. The molecule has 1 amide bonds. The minimum atomic E-state index is -1.32. The van der Waals surface area contributed by atoms with Gasteiger partial charge in [0.25, 0.3) is 5.91 Å². The molecule has 0 spiro atoms. The van der Waals surface area contributed by atoms with Crippen LogP contribution in [-0.2, 0) is 9.53 Å². The smallest absolute Gasteiger partial charge is 0.337 e. The Labute approximate surface area is 152 Å². The van der Waals surface area contributed by atoms with E-state index in [-0.39, 0.29) is 11.3 Å². The lowest BCUT2D eigenvalue weighted by Crippen LogP contribution is -2.20. The van der Waals surface area contributed by atoms with Crippen molar-refractivity contribution in [3.8, 4) is 5.75 Å². The largest absolute Gasteiger partial charge is 0.478 e. The standard InChI is InChI=1S/C17H14N2O8/c1-26-17(23)10-2-5-12(6-3-10)18-15(20)9-27-14-7-4-11(16(21)22)8-13(14)19(24)25/h2-8H,9H2,1H3,(H,18,20)(H,21,22). The van der Waals surface area contributed by atoms with Gasteiger partial charge in [-0.05, 0) is 36.4 Å². The summed E-state index contributed by atoms with van der Waals surface area (Å²) in [6, 6.07) is 8.97. The lowest BCUT2D eigenvalue weighted by Gasteiger charge is -2.09. The first kappa shape index (κ1) is 19.4. The van der Waals surface area contributed by atoms with Crippen molar-refractivity contribution in [1.29, 1.82) is 0 Å². The minimum absolute atomic E-state index is 0.235. The van der Waals surface area contributed by atoms with Gasteiger partial charge in [-0.15, -0.1) is 0 Å². The third-order valence-electron chi connectivity index (χ3n) is 3.35. The van der Waals surface area contributed by atoms with E-state index >= 15 is 0 Å². The molecule has 2 N–H and O–H groups in total. The van der Waals surface area contributed by atoms with E-state index in [1.54, 1.807) is 0 Å². The summed E-state index contributed by atoms with van der Waals surface area (Å²) in [4.78, 5) is 44.4. The van der Waals surface area contributed by atoms with E-state index in [4.69, 9.17) is 9.84 Å². The highest BCUT2D eigenvalue weighted by Crippen LogP contribution is 2.28. The molecule has 2 aromatic rings. The number of ether oxygens (including phenoxy) is 2. The van der Waals surface area contributed by atoms with E-state index in [0.29, 0.717) is 11.3 Å². The van der Waals surface area contributed by atoms with Crippen LogP contribution in [0.5, 0.6) is 5.75 Å². The Hall–Kier alpha value is -3.95. The highest BCUT2D eigenvalue weighted by atomic mass is 16.6. The predicted molar refractivity (Wildman–Crippen MR) is 92.0 cm³/mol. The second-order valence-corrected chi connectivity index (χ2v) is 5.15. The van der Waals surface area contributed by atoms with Crippen LogP contribution < -0.4 is 10.1 Å². The zero-order valence-electron chi connectivity index (χ0n) is 14.0. The number of carbonyl (C=O) groups excluding carboxylic acids is 2. The van der Waals surface area contributed by atoms with Gasteiger partial charge in [-0.25, -0.2) is 9.59 Å². The maximum atomic E-state index is 11.9. The number of carbonyl (C=O) groups is 3. The molecule has 0 aliphatic heterocycles. The highest BCUT2D eigenvalue weighted by Gasteiger charge is 2.19. The first-order chi connectivity index (χ1) is 12.8. The molecule has 27 heavy (non-hydrogen) atoms. The molecule has 0 saturated heterocycles. The summed E-state index contributed by atoms with van der Waals surface area (Å²) in [7, 11) is 1.25. The van der Waals surface area contributed by atoms with Gasteiger partial charge in [0.15, 0.2) is 12.4 Å². The van der Waals surface area contributed by atoms with Crippen LogP contribution in [0, 0.1) is 10.1 Å². The van der Waals surface area contributed by atoms with Crippen molar-refractivity contribution in [1.82, 2.24) is 0 Å². The summed E-state index contributed by atoms with van der Waals surface area (Å²) in [6.45, 7) is -0.536. The first-order valence-electron chi connectivity index (χ1n) is 7.44. The fourth-order valence-electron chi connectivity index (χ4n) is 2.06. The van der Waals surface area contributed by atoms with E-state index in [0.717, 1.165) is 18.2 Å². The summed E-state index contributed by atoms with van der Waals surface area (Å²) < 4.78 is 9.69. The maximum absolute atomic E-state index is 11.9. The number of anilines is 1. The number of hydrogen-bond acceptors (Lipinski definition) is 7. The average Bonchev–Trinajstić information content (AvgIpc) is 2.66. The number of nitro benzene ring substituents is 1. The molecular weight excluding hydrogens is 360 g/mol. The van der Waals surface area contributed by atoms with Gasteiger partial charge in [-0.1, -0.05) is 0 Å². The van der Waals surface area contributed by atoms with Crippen molar-refractivity contribution in [3.05, 3.63) is 63.7 Å². The predicted octanol–water partition coefficient (Wildman–Crippen LogP) is 2.10. The van der Waals surface area contributed by atoms with Gasteiger partial charge in [0.1, 0.15) is 0 Å². The Morgan fingerprint density at radius 3 is 2.30 bits per heavy atom. The molecule has 0 heterocycles. The molecule has 0 unspecified atom stereocenters. The molecule has 140 valence electrons. The molecule has 0 saturated carbocycles. The van der Waals surface area contributed by atoms with E-state index in [1.165, 1.54) is 31.4 Å². The number of rotatable bonds is 7. The molecular formula is C17H14N2O8. The minimum Gasteiger partial charge on any atom is -0.478 e. The Kier molecular flexibility index (Phi) is 6.05. The number of nitro groups is 1. The maximum Gasteiger partial charge on any atom is 0.337 e. The second-order valence-electron chi connectivity index (χ2n) is 5.15. The first-order valence-corrected chi connectivity index (χ1v) is 7.44. The van der Waals surface area contributed by atoms with Crippen LogP contribution in [0.3, 0.4) is 0 Å². The Morgan fingerprint density at radius 2 is 1.74 bits per heavy atom. The van der Waals surface area contributed by atoms with Crippen LogP contribution in [-0.4, -0.2) is 41.6 Å². The number of aromatic carboxylic acids is 1. The number of nitrogens with zero attached hydrogens (tertiary/aromatic N) is 1. The highest BCUT2D eigenvalue weighted by molar-refractivity contribution is 5.94. The molecule has 10 nitrogen and oxygen atoms in total. The monoisotopic (exact) mass is 374 g/mol. The zero-order valence-corrected chi connectivity index (χ0v) is 14.0.